The molecule has 1 N–H and O–H groups in total. The molecule has 0 saturated carbocycles. The minimum absolute atomic E-state index is 0.231. The van der Waals surface area contributed by atoms with Crippen molar-refractivity contribution in [3.63, 3.8) is 0 Å². The van der Waals surface area contributed by atoms with E-state index in [0.717, 1.165) is 40.8 Å². The molecular formula is C13H16BrN3O. The summed E-state index contributed by atoms with van der Waals surface area (Å²) in [5.74, 6) is 0.946. The molecule has 2 aromatic rings. The largest absolute Gasteiger partial charge is 0.391 e. The van der Waals surface area contributed by atoms with Crippen LogP contribution in [0.1, 0.15) is 12.8 Å². The fraction of sp³-hybridized carbons (Fsp3) is 0.462. The van der Waals surface area contributed by atoms with Crippen molar-refractivity contribution in [2.24, 2.45) is 7.05 Å². The molecule has 1 aromatic heterocycles. The van der Waals surface area contributed by atoms with Crippen molar-refractivity contribution in [1.29, 1.82) is 0 Å². The highest BCUT2D eigenvalue weighted by atomic mass is 79.9. The summed E-state index contributed by atoms with van der Waals surface area (Å²) in [6.45, 7) is 1.65. The molecule has 0 spiro atoms. The van der Waals surface area contributed by atoms with Gasteiger partial charge in [-0.15, -0.1) is 0 Å². The SMILES string of the molecule is Cn1c(N2CCC[C@@H](O)C2)nc2cc(Br)ccc21. The normalized spacial score (nSPS) is 20.6. The third-order valence-electron chi connectivity index (χ3n) is 3.50. The Morgan fingerprint density at radius 2 is 2.28 bits per heavy atom. The van der Waals surface area contributed by atoms with Gasteiger partial charge in [-0.25, -0.2) is 4.98 Å². The molecular weight excluding hydrogens is 294 g/mol. The summed E-state index contributed by atoms with van der Waals surface area (Å²) < 4.78 is 3.14. The second kappa shape index (κ2) is 4.55. The zero-order chi connectivity index (χ0) is 12.7. The lowest BCUT2D eigenvalue weighted by atomic mass is 10.1. The topological polar surface area (TPSA) is 41.3 Å². The summed E-state index contributed by atoms with van der Waals surface area (Å²) >= 11 is 3.47. The summed E-state index contributed by atoms with van der Waals surface area (Å²) in [5, 5.41) is 9.76. The average Bonchev–Trinajstić information content (AvgIpc) is 2.66. The van der Waals surface area contributed by atoms with Gasteiger partial charge in [0.2, 0.25) is 5.95 Å². The number of hydrogen-bond donors (Lipinski definition) is 1. The molecule has 1 aliphatic heterocycles. The lowest BCUT2D eigenvalue weighted by Crippen LogP contribution is -2.39. The van der Waals surface area contributed by atoms with E-state index in [4.69, 9.17) is 0 Å². The molecule has 4 nitrogen and oxygen atoms in total. The standard InChI is InChI=1S/C13H16BrN3O/c1-16-12-5-4-9(14)7-11(12)15-13(16)17-6-2-3-10(18)8-17/h4-5,7,10,18H,2-3,6,8H2,1H3/t10-/m1/s1. The minimum Gasteiger partial charge on any atom is -0.391 e. The number of nitrogens with zero attached hydrogens (tertiary/aromatic N) is 3. The molecule has 96 valence electrons. The predicted molar refractivity (Wildman–Crippen MR) is 75.9 cm³/mol. The Bertz CT molecular complexity index is 581. The van der Waals surface area contributed by atoms with Gasteiger partial charge in [0.15, 0.2) is 0 Å². The average molecular weight is 310 g/mol. The number of hydrogen-bond acceptors (Lipinski definition) is 3. The summed E-state index contributed by atoms with van der Waals surface area (Å²) in [6.07, 6.45) is 1.69. The number of fused-ring (bicyclic) bond motifs is 1. The lowest BCUT2D eigenvalue weighted by molar-refractivity contribution is 0.153. The predicted octanol–water partition coefficient (Wildman–Crippen LogP) is 2.30. The number of rotatable bonds is 1. The number of aromatic nitrogens is 2. The number of piperidine rings is 1. The Labute approximate surface area is 114 Å². The van der Waals surface area contributed by atoms with E-state index < -0.39 is 0 Å². The second-order valence-corrected chi connectivity index (χ2v) is 5.76. The van der Waals surface area contributed by atoms with Gasteiger partial charge in [-0.1, -0.05) is 15.9 Å². The van der Waals surface area contributed by atoms with Gasteiger partial charge in [-0.3, -0.25) is 0 Å². The summed E-state index contributed by atoms with van der Waals surface area (Å²) in [7, 11) is 2.03. The first-order valence-corrected chi connectivity index (χ1v) is 6.99. The molecule has 0 aliphatic carbocycles. The molecule has 1 atom stereocenters. The van der Waals surface area contributed by atoms with Gasteiger partial charge in [-0.05, 0) is 31.0 Å². The van der Waals surface area contributed by atoms with Crippen molar-refractivity contribution < 1.29 is 5.11 Å². The van der Waals surface area contributed by atoms with Gasteiger partial charge in [0.05, 0.1) is 17.1 Å². The van der Waals surface area contributed by atoms with Gasteiger partial charge in [-0.2, -0.15) is 0 Å². The zero-order valence-corrected chi connectivity index (χ0v) is 11.9. The molecule has 0 radical (unpaired) electrons. The Morgan fingerprint density at radius 3 is 3.06 bits per heavy atom. The van der Waals surface area contributed by atoms with E-state index >= 15 is 0 Å². The van der Waals surface area contributed by atoms with Gasteiger partial charge in [0.1, 0.15) is 0 Å². The van der Waals surface area contributed by atoms with E-state index in [1.165, 1.54) is 0 Å². The molecule has 1 fully saturated rings. The first kappa shape index (κ1) is 12.0. The summed E-state index contributed by atoms with van der Waals surface area (Å²) in [4.78, 5) is 6.85. The Kier molecular flexibility index (Phi) is 3.03. The van der Waals surface area contributed by atoms with Crippen LogP contribution in [0.2, 0.25) is 0 Å². The first-order valence-electron chi connectivity index (χ1n) is 6.20. The minimum atomic E-state index is -0.231. The van der Waals surface area contributed by atoms with Crippen molar-refractivity contribution >= 4 is 32.9 Å². The van der Waals surface area contributed by atoms with E-state index in [0.29, 0.717) is 6.54 Å². The molecule has 5 heteroatoms. The highest BCUT2D eigenvalue weighted by molar-refractivity contribution is 9.10. The van der Waals surface area contributed by atoms with Crippen LogP contribution in [0.3, 0.4) is 0 Å². The van der Waals surface area contributed by atoms with E-state index in [2.05, 4.69) is 36.4 Å². The highest BCUT2D eigenvalue weighted by Gasteiger charge is 2.21. The third-order valence-corrected chi connectivity index (χ3v) is 3.99. The van der Waals surface area contributed by atoms with Gasteiger partial charge < -0.3 is 14.6 Å². The van der Waals surface area contributed by atoms with Crippen LogP contribution < -0.4 is 4.90 Å². The van der Waals surface area contributed by atoms with Crippen LogP contribution in [0, 0.1) is 0 Å². The van der Waals surface area contributed by atoms with Gasteiger partial charge >= 0.3 is 0 Å². The van der Waals surface area contributed by atoms with Crippen molar-refractivity contribution in [3.05, 3.63) is 22.7 Å². The van der Waals surface area contributed by atoms with Crippen LogP contribution in [0.25, 0.3) is 11.0 Å². The fourth-order valence-electron chi connectivity index (χ4n) is 2.58. The van der Waals surface area contributed by atoms with Crippen LogP contribution in [-0.4, -0.2) is 33.9 Å². The zero-order valence-electron chi connectivity index (χ0n) is 10.3. The molecule has 1 aromatic carbocycles. The Morgan fingerprint density at radius 1 is 1.44 bits per heavy atom. The molecule has 0 bridgehead atoms. The Hall–Kier alpha value is -1.07. The van der Waals surface area contributed by atoms with Crippen LogP contribution in [0.5, 0.6) is 0 Å². The molecule has 2 heterocycles. The maximum absolute atomic E-state index is 9.76. The van der Waals surface area contributed by atoms with E-state index in [9.17, 15) is 5.11 Å². The van der Waals surface area contributed by atoms with E-state index in [-0.39, 0.29) is 6.10 Å². The number of benzene rings is 1. The summed E-state index contributed by atoms with van der Waals surface area (Å²) in [6, 6.07) is 6.12. The second-order valence-electron chi connectivity index (χ2n) is 4.85. The number of β-amino-alcohol motifs (C(OH)–C–C–N with tert-alkyl or cyclic N) is 1. The number of anilines is 1. The quantitative estimate of drug-likeness (QED) is 0.879. The first-order chi connectivity index (χ1) is 8.65. The molecule has 1 aliphatic rings. The maximum atomic E-state index is 9.76. The van der Waals surface area contributed by atoms with E-state index in [1.54, 1.807) is 0 Å². The van der Waals surface area contributed by atoms with Gasteiger partial charge in [0, 0.05) is 24.6 Å². The van der Waals surface area contributed by atoms with Crippen molar-refractivity contribution in [1.82, 2.24) is 9.55 Å². The number of aliphatic hydroxyl groups excluding tert-OH is 1. The van der Waals surface area contributed by atoms with Gasteiger partial charge in [0.25, 0.3) is 0 Å². The smallest absolute Gasteiger partial charge is 0.206 e. The lowest BCUT2D eigenvalue weighted by Gasteiger charge is -2.30. The number of imidazole rings is 1. The van der Waals surface area contributed by atoms with Crippen LogP contribution in [0.15, 0.2) is 22.7 Å². The fourth-order valence-corrected chi connectivity index (χ4v) is 2.93. The third kappa shape index (κ3) is 2.01. The maximum Gasteiger partial charge on any atom is 0.206 e. The molecule has 18 heavy (non-hydrogen) atoms. The van der Waals surface area contributed by atoms with Crippen LogP contribution in [-0.2, 0) is 7.05 Å². The van der Waals surface area contributed by atoms with Crippen LogP contribution >= 0.6 is 15.9 Å². The van der Waals surface area contributed by atoms with Crippen LogP contribution in [0.4, 0.5) is 5.95 Å². The summed E-state index contributed by atoms with van der Waals surface area (Å²) in [5.41, 5.74) is 2.11. The number of halogens is 1. The van der Waals surface area contributed by atoms with Crippen molar-refractivity contribution in [3.8, 4) is 0 Å². The number of aryl methyl sites for hydroxylation is 1. The van der Waals surface area contributed by atoms with Crippen molar-refractivity contribution in [2.75, 3.05) is 18.0 Å². The van der Waals surface area contributed by atoms with Crippen molar-refractivity contribution in [2.45, 2.75) is 18.9 Å². The number of aliphatic hydroxyl groups is 1. The molecule has 3 rings (SSSR count). The van der Waals surface area contributed by atoms with E-state index in [1.807, 2.05) is 19.2 Å². The molecule has 0 unspecified atom stereocenters. The molecule has 0 amide bonds. The Balaban J connectivity index is 2.03. The monoisotopic (exact) mass is 309 g/mol. The highest BCUT2D eigenvalue weighted by Crippen LogP contribution is 2.26. The molecule has 1 saturated heterocycles.